The number of hydrogen-bond acceptors (Lipinski definition) is 4. The molecule has 3 rings (SSSR count). The number of methoxy groups -OCH3 is 2. The lowest BCUT2D eigenvalue weighted by atomic mass is 10.1. The number of rotatable bonds is 12. The third-order valence-electron chi connectivity index (χ3n) is 5.44. The van der Waals surface area contributed by atoms with Gasteiger partial charge in [0.15, 0.2) is 0 Å². The molecule has 3 aromatic carbocycles. The second-order valence-electron chi connectivity index (χ2n) is 7.87. The van der Waals surface area contributed by atoms with E-state index in [-0.39, 0.29) is 0 Å². The van der Waals surface area contributed by atoms with Crippen molar-refractivity contribution in [2.75, 3.05) is 20.8 Å². The van der Waals surface area contributed by atoms with E-state index in [9.17, 15) is 0 Å². The Morgan fingerprint density at radius 1 is 0.806 bits per heavy atom. The van der Waals surface area contributed by atoms with Crippen molar-refractivity contribution in [1.29, 1.82) is 0 Å². The molecule has 0 aliphatic rings. The smallest absolute Gasteiger partial charge is 0.130 e. The van der Waals surface area contributed by atoms with Crippen LogP contribution < -0.4 is 19.5 Å². The summed E-state index contributed by atoms with van der Waals surface area (Å²) >= 11 is 0. The molecule has 0 atom stereocenters. The molecule has 1 N–H and O–H groups in total. The van der Waals surface area contributed by atoms with Gasteiger partial charge in [-0.1, -0.05) is 88.4 Å². The largest absolute Gasteiger partial charge is 0.496 e. The highest BCUT2D eigenvalue weighted by Crippen LogP contribution is 2.34. The average Bonchev–Trinajstić information content (AvgIpc) is 2.96. The van der Waals surface area contributed by atoms with Gasteiger partial charge >= 0.3 is 0 Å². The molecule has 0 aliphatic carbocycles. The standard InChI is InChI=1S/C26H31NO3.C4H8.C2H6/c1-4-20-10-12-22(13-11-20)19-30-23-16-25(28-2)24(26(17-23)29-3)18-27-15-14-21-8-6-5-7-9-21;1-3-4-2;1-2/h5-13,16-17,27H,4,14-15,18-19H2,1-3H3;3H,1,4H2,2H3;1-2H3. The van der Waals surface area contributed by atoms with Gasteiger partial charge in [0, 0.05) is 18.7 Å². The van der Waals surface area contributed by atoms with Crippen LogP contribution in [-0.4, -0.2) is 20.8 Å². The fraction of sp³-hybridized carbons (Fsp3) is 0.375. The van der Waals surface area contributed by atoms with E-state index in [1.165, 1.54) is 11.1 Å². The molecule has 0 unspecified atom stereocenters. The van der Waals surface area contributed by atoms with Crippen molar-refractivity contribution < 1.29 is 14.2 Å². The van der Waals surface area contributed by atoms with E-state index in [0.717, 1.165) is 54.2 Å². The van der Waals surface area contributed by atoms with Gasteiger partial charge in [0.1, 0.15) is 23.9 Å². The molecule has 4 heteroatoms. The minimum atomic E-state index is 0.505. The van der Waals surface area contributed by atoms with Crippen LogP contribution in [0.4, 0.5) is 0 Å². The van der Waals surface area contributed by atoms with Crippen molar-refractivity contribution in [1.82, 2.24) is 5.32 Å². The van der Waals surface area contributed by atoms with E-state index in [0.29, 0.717) is 13.2 Å². The molecule has 0 heterocycles. The first-order valence-corrected chi connectivity index (χ1v) is 13.0. The predicted molar refractivity (Wildman–Crippen MR) is 153 cm³/mol. The molecule has 0 spiro atoms. The number of nitrogens with one attached hydrogen (secondary N) is 1. The molecule has 0 saturated heterocycles. The van der Waals surface area contributed by atoms with Gasteiger partial charge in [-0.25, -0.2) is 0 Å². The van der Waals surface area contributed by atoms with E-state index in [2.05, 4.69) is 74.3 Å². The first-order chi connectivity index (χ1) is 17.6. The number of ether oxygens (including phenoxy) is 3. The maximum atomic E-state index is 6.01. The van der Waals surface area contributed by atoms with Gasteiger partial charge in [-0.05, 0) is 42.5 Å². The van der Waals surface area contributed by atoms with E-state index < -0.39 is 0 Å². The Morgan fingerprint density at radius 3 is 1.86 bits per heavy atom. The lowest BCUT2D eigenvalue weighted by Crippen LogP contribution is -2.17. The average molecular weight is 492 g/mol. The zero-order chi connectivity index (χ0) is 26.6. The van der Waals surface area contributed by atoms with Crippen LogP contribution in [0.15, 0.2) is 79.4 Å². The first-order valence-electron chi connectivity index (χ1n) is 13.0. The molecule has 0 aliphatic heterocycles. The molecule has 4 nitrogen and oxygen atoms in total. The SMILES string of the molecule is C=CCC.CC.CCc1ccc(COc2cc(OC)c(CNCCc3ccccc3)c(OC)c2)cc1. The first kappa shape index (κ1) is 30.8. The third-order valence-corrected chi connectivity index (χ3v) is 5.44. The second kappa shape index (κ2) is 19.0. The van der Waals surface area contributed by atoms with Gasteiger partial charge in [0.25, 0.3) is 0 Å². The monoisotopic (exact) mass is 491 g/mol. The van der Waals surface area contributed by atoms with Crippen LogP contribution >= 0.6 is 0 Å². The highest BCUT2D eigenvalue weighted by Gasteiger charge is 2.13. The highest BCUT2D eigenvalue weighted by atomic mass is 16.5. The van der Waals surface area contributed by atoms with Crippen molar-refractivity contribution in [3.8, 4) is 17.2 Å². The van der Waals surface area contributed by atoms with E-state index >= 15 is 0 Å². The van der Waals surface area contributed by atoms with Gasteiger partial charge in [-0.3, -0.25) is 0 Å². The molecule has 0 saturated carbocycles. The van der Waals surface area contributed by atoms with Gasteiger partial charge < -0.3 is 19.5 Å². The number of allylic oxidation sites excluding steroid dienone is 1. The summed E-state index contributed by atoms with van der Waals surface area (Å²) in [7, 11) is 3.35. The van der Waals surface area contributed by atoms with Crippen LogP contribution in [0.1, 0.15) is 56.4 Å². The van der Waals surface area contributed by atoms with Crippen molar-refractivity contribution in [2.24, 2.45) is 0 Å². The van der Waals surface area contributed by atoms with Crippen molar-refractivity contribution in [3.05, 3.63) is 102 Å². The molecule has 3 aromatic rings. The Morgan fingerprint density at radius 2 is 1.36 bits per heavy atom. The summed E-state index contributed by atoms with van der Waals surface area (Å²) in [4.78, 5) is 0. The molecular weight excluding hydrogens is 446 g/mol. The third kappa shape index (κ3) is 11.0. The fourth-order valence-electron chi connectivity index (χ4n) is 3.35. The molecule has 0 fully saturated rings. The maximum absolute atomic E-state index is 6.01. The highest BCUT2D eigenvalue weighted by molar-refractivity contribution is 5.50. The van der Waals surface area contributed by atoms with Crippen molar-refractivity contribution in [3.63, 3.8) is 0 Å². The molecule has 0 bridgehead atoms. The number of benzene rings is 3. The van der Waals surface area contributed by atoms with Gasteiger partial charge in [0.05, 0.1) is 19.8 Å². The number of aryl methyl sites for hydroxylation is 1. The van der Waals surface area contributed by atoms with Crippen LogP contribution in [0, 0.1) is 0 Å². The van der Waals surface area contributed by atoms with E-state index in [1.807, 2.05) is 38.1 Å². The van der Waals surface area contributed by atoms with Crippen LogP contribution in [0.5, 0.6) is 17.2 Å². The fourth-order valence-corrected chi connectivity index (χ4v) is 3.35. The zero-order valence-corrected chi connectivity index (χ0v) is 23.1. The van der Waals surface area contributed by atoms with Crippen LogP contribution in [0.2, 0.25) is 0 Å². The quantitative estimate of drug-likeness (QED) is 0.207. The van der Waals surface area contributed by atoms with Gasteiger partial charge in [0.2, 0.25) is 0 Å². The van der Waals surface area contributed by atoms with E-state index in [1.54, 1.807) is 14.2 Å². The van der Waals surface area contributed by atoms with Crippen LogP contribution in [0.25, 0.3) is 0 Å². The Labute approximate surface area is 219 Å². The summed E-state index contributed by atoms with van der Waals surface area (Å²) < 4.78 is 17.3. The Balaban J connectivity index is 0.000000982. The minimum absolute atomic E-state index is 0.505. The Kier molecular flexibility index (Phi) is 16.3. The summed E-state index contributed by atoms with van der Waals surface area (Å²) in [5.41, 5.74) is 4.77. The van der Waals surface area contributed by atoms with E-state index in [4.69, 9.17) is 14.2 Å². The Bertz CT molecular complexity index is 943. The lowest BCUT2D eigenvalue weighted by molar-refractivity contribution is 0.299. The van der Waals surface area contributed by atoms with Crippen molar-refractivity contribution in [2.45, 2.75) is 60.1 Å². The van der Waals surface area contributed by atoms with Gasteiger partial charge in [-0.2, -0.15) is 0 Å². The number of hydrogen-bond donors (Lipinski definition) is 1. The second-order valence-corrected chi connectivity index (χ2v) is 7.87. The normalized spacial score (nSPS) is 9.72. The van der Waals surface area contributed by atoms with Crippen LogP contribution in [-0.2, 0) is 26.0 Å². The minimum Gasteiger partial charge on any atom is -0.496 e. The molecule has 36 heavy (non-hydrogen) atoms. The summed E-state index contributed by atoms with van der Waals surface area (Å²) in [6.45, 7) is 13.7. The molecular formula is C32H45NO3. The predicted octanol–water partition coefficient (Wildman–Crippen LogP) is 7.79. The lowest BCUT2D eigenvalue weighted by Gasteiger charge is -2.16. The van der Waals surface area contributed by atoms with Gasteiger partial charge in [-0.15, -0.1) is 6.58 Å². The summed E-state index contributed by atoms with van der Waals surface area (Å²) in [6.07, 6.45) is 4.97. The summed E-state index contributed by atoms with van der Waals surface area (Å²) in [5, 5.41) is 3.49. The molecule has 196 valence electrons. The Hall–Kier alpha value is -3.24. The van der Waals surface area contributed by atoms with Crippen LogP contribution in [0.3, 0.4) is 0 Å². The molecule has 0 radical (unpaired) electrons. The van der Waals surface area contributed by atoms with Crippen molar-refractivity contribution >= 4 is 0 Å². The topological polar surface area (TPSA) is 39.7 Å². The summed E-state index contributed by atoms with van der Waals surface area (Å²) in [5.74, 6) is 2.26. The molecule has 0 aromatic heterocycles. The summed E-state index contributed by atoms with van der Waals surface area (Å²) in [6, 6.07) is 22.8. The molecule has 0 amide bonds. The zero-order valence-electron chi connectivity index (χ0n) is 23.1. The maximum Gasteiger partial charge on any atom is 0.130 e.